The number of benzene rings is 1. The van der Waals surface area contributed by atoms with Crippen molar-refractivity contribution in [2.24, 2.45) is 0 Å². The Morgan fingerprint density at radius 1 is 0.897 bits per heavy atom. The molecule has 9 heteroatoms. The number of hydrogen-bond acceptors (Lipinski definition) is 2. The van der Waals surface area contributed by atoms with E-state index < -0.39 is 23.6 Å². The predicted octanol–water partition coefficient (Wildman–Crippen LogP) is 5.68. The molecule has 156 valence electrons. The van der Waals surface area contributed by atoms with Crippen LogP contribution in [0.5, 0.6) is 0 Å². The van der Waals surface area contributed by atoms with Crippen molar-refractivity contribution in [1.82, 2.24) is 4.98 Å². The zero-order valence-corrected chi connectivity index (χ0v) is 15.1. The highest BCUT2D eigenvalue weighted by molar-refractivity contribution is 5.48. The van der Waals surface area contributed by atoms with E-state index in [0.29, 0.717) is 36.6 Å². The predicted molar refractivity (Wildman–Crippen MR) is 92.4 cm³/mol. The Morgan fingerprint density at radius 3 is 2.24 bits per heavy atom. The average molecular weight is 418 g/mol. The molecule has 2 atom stereocenters. The van der Waals surface area contributed by atoms with Gasteiger partial charge in [-0.25, -0.2) is 9.37 Å². The Morgan fingerprint density at radius 2 is 1.62 bits per heavy atom. The minimum Gasteiger partial charge on any atom is -0.353 e. The van der Waals surface area contributed by atoms with Crippen molar-refractivity contribution in [1.29, 1.82) is 0 Å². The Kier molecular flexibility index (Phi) is 4.55. The van der Waals surface area contributed by atoms with E-state index in [1.165, 1.54) is 6.07 Å². The molecule has 0 spiro atoms. The van der Waals surface area contributed by atoms with E-state index in [2.05, 4.69) is 9.88 Å². The third-order valence-corrected chi connectivity index (χ3v) is 5.92. The van der Waals surface area contributed by atoms with Crippen molar-refractivity contribution in [2.45, 2.75) is 49.2 Å². The molecule has 29 heavy (non-hydrogen) atoms. The fourth-order valence-electron chi connectivity index (χ4n) is 4.57. The van der Waals surface area contributed by atoms with Crippen LogP contribution < -0.4 is 4.90 Å². The van der Waals surface area contributed by atoms with Gasteiger partial charge < -0.3 is 4.90 Å². The van der Waals surface area contributed by atoms with Gasteiger partial charge in [0.1, 0.15) is 5.82 Å². The number of rotatable bonds is 2. The SMILES string of the molecule is FC(F)(F)C(F)(c1ccc2c(c1)CC[C@@H]1[C@H]2CCN1c1ccccn1)C(F)(F)F. The van der Waals surface area contributed by atoms with Gasteiger partial charge in [-0.05, 0) is 42.5 Å². The molecule has 0 radical (unpaired) electrons. The summed E-state index contributed by atoms with van der Waals surface area (Å²) in [7, 11) is 0. The normalized spacial score (nSPS) is 22.4. The van der Waals surface area contributed by atoms with Crippen molar-refractivity contribution >= 4 is 5.82 Å². The topological polar surface area (TPSA) is 16.1 Å². The number of anilines is 1. The lowest BCUT2D eigenvalue weighted by molar-refractivity contribution is -0.348. The number of aryl methyl sites for hydroxylation is 1. The molecule has 2 aromatic rings. The van der Waals surface area contributed by atoms with E-state index in [0.717, 1.165) is 11.9 Å². The minimum absolute atomic E-state index is 0.0411. The highest BCUT2D eigenvalue weighted by atomic mass is 19.4. The van der Waals surface area contributed by atoms with Crippen LogP contribution in [-0.4, -0.2) is 29.9 Å². The van der Waals surface area contributed by atoms with E-state index in [9.17, 15) is 30.7 Å². The molecule has 1 saturated heterocycles. The lowest BCUT2D eigenvalue weighted by atomic mass is 9.77. The molecule has 1 fully saturated rings. The van der Waals surface area contributed by atoms with E-state index in [4.69, 9.17) is 0 Å². The molecule has 2 heterocycles. The first-order valence-electron chi connectivity index (χ1n) is 9.17. The van der Waals surface area contributed by atoms with Crippen LogP contribution in [0, 0.1) is 0 Å². The van der Waals surface area contributed by atoms with Crippen LogP contribution >= 0.6 is 0 Å². The Balaban J connectivity index is 1.69. The fraction of sp³-hybridized carbons (Fsp3) is 0.450. The number of fused-ring (bicyclic) bond motifs is 3. The summed E-state index contributed by atoms with van der Waals surface area (Å²) in [6.45, 7) is 0.686. The number of hydrogen-bond donors (Lipinski definition) is 0. The second-order valence-corrected chi connectivity index (χ2v) is 7.45. The summed E-state index contributed by atoms with van der Waals surface area (Å²) < 4.78 is 92.8. The lowest BCUT2D eigenvalue weighted by Crippen LogP contribution is -2.50. The molecule has 0 saturated carbocycles. The average Bonchev–Trinajstić information content (AvgIpc) is 3.10. The van der Waals surface area contributed by atoms with E-state index >= 15 is 0 Å². The van der Waals surface area contributed by atoms with Crippen LogP contribution in [0.1, 0.15) is 35.4 Å². The van der Waals surface area contributed by atoms with Crippen LogP contribution in [0.4, 0.5) is 36.6 Å². The highest BCUT2D eigenvalue weighted by Gasteiger charge is 2.73. The summed E-state index contributed by atoms with van der Waals surface area (Å²) in [5, 5.41) is 0. The van der Waals surface area contributed by atoms with Gasteiger partial charge in [0.15, 0.2) is 0 Å². The molecule has 1 aliphatic heterocycles. The maximum Gasteiger partial charge on any atom is 0.435 e. The largest absolute Gasteiger partial charge is 0.435 e. The molecule has 1 aromatic heterocycles. The second kappa shape index (κ2) is 6.60. The molecule has 0 amide bonds. The standard InChI is InChI=1S/C20H17F7N2/c21-18(19(22,23)24,20(25,26)27)13-5-6-14-12(11-13)4-7-16-15(14)8-10-29(16)17-3-1-2-9-28-17/h1-3,5-6,9,11,15-16H,4,7-8,10H2/t15-,16+/m0/s1. The zero-order valence-electron chi connectivity index (χ0n) is 15.1. The summed E-state index contributed by atoms with van der Waals surface area (Å²) in [4.78, 5) is 6.45. The molecule has 0 unspecified atom stereocenters. The first-order valence-corrected chi connectivity index (χ1v) is 9.17. The van der Waals surface area contributed by atoms with Crippen molar-refractivity contribution in [3.05, 3.63) is 59.3 Å². The molecule has 0 N–H and O–H groups in total. The van der Waals surface area contributed by atoms with Gasteiger partial charge >= 0.3 is 18.0 Å². The van der Waals surface area contributed by atoms with Crippen LogP contribution in [0.3, 0.4) is 0 Å². The highest BCUT2D eigenvalue weighted by Crippen LogP contribution is 2.54. The summed E-state index contributed by atoms with van der Waals surface area (Å²) in [6.07, 6.45) is -9.00. The smallest absolute Gasteiger partial charge is 0.353 e. The van der Waals surface area contributed by atoms with Gasteiger partial charge in [-0.3, -0.25) is 0 Å². The van der Waals surface area contributed by atoms with Crippen molar-refractivity contribution in [3.63, 3.8) is 0 Å². The van der Waals surface area contributed by atoms with Crippen LogP contribution in [-0.2, 0) is 12.1 Å². The molecule has 0 bridgehead atoms. The second-order valence-electron chi connectivity index (χ2n) is 7.45. The molecular weight excluding hydrogens is 401 g/mol. The third kappa shape index (κ3) is 3.05. The van der Waals surface area contributed by atoms with Gasteiger partial charge in [0.05, 0.1) is 0 Å². The van der Waals surface area contributed by atoms with E-state index in [1.807, 2.05) is 12.1 Å². The van der Waals surface area contributed by atoms with Gasteiger partial charge in [-0.15, -0.1) is 0 Å². The molecule has 4 rings (SSSR count). The van der Waals surface area contributed by atoms with Crippen molar-refractivity contribution in [3.8, 4) is 0 Å². The number of pyridine rings is 1. The Bertz CT molecular complexity index is 878. The number of aromatic nitrogens is 1. The van der Waals surface area contributed by atoms with Gasteiger partial charge in [-0.2, -0.15) is 26.3 Å². The number of alkyl halides is 7. The van der Waals surface area contributed by atoms with E-state index in [1.54, 1.807) is 12.3 Å². The summed E-state index contributed by atoms with van der Waals surface area (Å²) in [5.41, 5.74) is -5.76. The molecule has 1 aliphatic carbocycles. The maximum absolute atomic E-state index is 14.4. The van der Waals surface area contributed by atoms with Gasteiger partial charge in [-0.1, -0.05) is 24.3 Å². The lowest BCUT2D eigenvalue weighted by Gasteiger charge is -2.35. The molecule has 2 nitrogen and oxygen atoms in total. The summed E-state index contributed by atoms with van der Waals surface area (Å²) >= 11 is 0. The molecular formula is C20H17F7N2. The minimum atomic E-state index is -6.10. The van der Waals surface area contributed by atoms with Gasteiger partial charge in [0.2, 0.25) is 0 Å². The van der Waals surface area contributed by atoms with E-state index in [-0.39, 0.29) is 18.4 Å². The van der Waals surface area contributed by atoms with Gasteiger partial charge in [0.25, 0.3) is 0 Å². The molecule has 1 aromatic carbocycles. The van der Waals surface area contributed by atoms with Crippen LogP contribution in [0.15, 0.2) is 42.6 Å². The van der Waals surface area contributed by atoms with Crippen LogP contribution in [0.2, 0.25) is 0 Å². The Hall–Kier alpha value is -2.32. The number of nitrogens with zero attached hydrogens (tertiary/aromatic N) is 2. The first kappa shape index (κ1) is 20.0. The van der Waals surface area contributed by atoms with Crippen molar-refractivity contribution in [2.75, 3.05) is 11.4 Å². The summed E-state index contributed by atoms with van der Waals surface area (Å²) in [6, 6.07) is 8.18. The fourth-order valence-corrected chi connectivity index (χ4v) is 4.57. The number of halogens is 7. The molecule has 2 aliphatic rings. The van der Waals surface area contributed by atoms with Crippen molar-refractivity contribution < 1.29 is 30.7 Å². The summed E-state index contributed by atoms with van der Waals surface area (Å²) in [5.74, 6) is 0.748. The Labute approximate surface area is 162 Å². The third-order valence-electron chi connectivity index (χ3n) is 5.92. The maximum atomic E-state index is 14.4. The zero-order chi connectivity index (χ0) is 21.0. The first-order chi connectivity index (χ1) is 13.5. The van der Waals surface area contributed by atoms with Gasteiger partial charge in [0, 0.05) is 30.3 Å². The monoisotopic (exact) mass is 418 g/mol. The quantitative estimate of drug-likeness (QED) is 0.584. The van der Waals surface area contributed by atoms with Crippen LogP contribution in [0.25, 0.3) is 0 Å².